The number of benzene rings is 4. The summed E-state index contributed by atoms with van der Waals surface area (Å²) in [6, 6.07) is 35.9. The Bertz CT molecular complexity index is 1570. The van der Waals surface area contributed by atoms with Crippen molar-refractivity contribution in [1.82, 2.24) is 10.2 Å². The van der Waals surface area contributed by atoms with Gasteiger partial charge in [0.1, 0.15) is 0 Å². The molecule has 0 radical (unpaired) electrons. The monoisotopic (exact) mass is 838 g/mol. The molecule has 0 aliphatic heterocycles. The van der Waals surface area contributed by atoms with Crippen molar-refractivity contribution in [2.24, 2.45) is 0 Å². The standard InChI is InChI=1S/2C16H17Cl3N3O2P/c2*1-21(13-9-5-3-6-10-13)25(24,20-15(23)16(17,18)19)22(2)14-11-7-4-8-12-14/h2*3-12H,1-2H3,(H,20,23,24). The Labute approximate surface area is 322 Å². The summed E-state index contributed by atoms with van der Waals surface area (Å²) in [5, 5.41) is 4.80. The number of halogens is 6. The third-order valence-electron chi connectivity index (χ3n) is 7.16. The van der Waals surface area contributed by atoms with E-state index in [4.69, 9.17) is 69.6 Å². The molecule has 0 heterocycles. The minimum Gasteiger partial charge on any atom is -0.293 e. The van der Waals surface area contributed by atoms with Crippen molar-refractivity contribution >= 4 is 119 Å². The number of amides is 2. The molecule has 0 spiro atoms. The van der Waals surface area contributed by atoms with E-state index in [1.165, 1.54) is 18.7 Å². The number of carbonyl (C=O) groups is 2. The lowest BCUT2D eigenvalue weighted by atomic mass is 10.3. The lowest BCUT2D eigenvalue weighted by Gasteiger charge is -2.37. The SMILES string of the molecule is CN(c1ccccc1)P(=O)(NC(=O)C(Cl)(Cl)Cl)N(C)c1ccccc1.CN(c1ccccc1)P(=O)(NC(=O)C(Cl)(Cl)Cl)N(C)c1ccccc1. The van der Waals surface area contributed by atoms with Crippen LogP contribution in [0.5, 0.6) is 0 Å². The van der Waals surface area contributed by atoms with Crippen molar-refractivity contribution in [3.63, 3.8) is 0 Å². The Morgan fingerprint density at radius 1 is 0.440 bits per heavy atom. The molecule has 0 saturated carbocycles. The quantitative estimate of drug-likeness (QED) is 0.120. The first-order valence-electron chi connectivity index (χ1n) is 14.5. The third kappa shape index (κ3) is 10.6. The smallest absolute Gasteiger partial charge is 0.293 e. The Hall–Kier alpha value is -2.78. The number of anilines is 4. The molecule has 4 aromatic rings. The molecule has 0 atom stereocenters. The van der Waals surface area contributed by atoms with Gasteiger partial charge < -0.3 is 0 Å². The molecule has 0 aromatic heterocycles. The van der Waals surface area contributed by atoms with E-state index in [1.54, 1.807) is 125 Å². The molecule has 0 aliphatic rings. The number of nitrogens with one attached hydrogen (secondary N) is 2. The largest absolute Gasteiger partial charge is 0.359 e. The van der Waals surface area contributed by atoms with Gasteiger partial charge in [-0.15, -0.1) is 0 Å². The van der Waals surface area contributed by atoms with E-state index in [2.05, 4.69) is 10.2 Å². The number of hydrogen-bond donors (Lipinski definition) is 2. The van der Waals surface area contributed by atoms with Crippen LogP contribution >= 0.6 is 84.8 Å². The summed E-state index contributed by atoms with van der Waals surface area (Å²) in [6.07, 6.45) is 0. The van der Waals surface area contributed by atoms with Crippen LogP contribution in [-0.2, 0) is 18.7 Å². The first-order valence-corrected chi connectivity index (χ1v) is 20.0. The Morgan fingerprint density at radius 2 is 0.620 bits per heavy atom. The van der Waals surface area contributed by atoms with Crippen LogP contribution in [0.3, 0.4) is 0 Å². The maximum Gasteiger partial charge on any atom is 0.359 e. The maximum absolute atomic E-state index is 13.8. The predicted molar refractivity (Wildman–Crippen MR) is 211 cm³/mol. The van der Waals surface area contributed by atoms with Crippen LogP contribution in [0, 0.1) is 0 Å². The average molecular weight is 841 g/mol. The fourth-order valence-electron chi connectivity index (χ4n) is 4.29. The van der Waals surface area contributed by atoms with Gasteiger partial charge in [-0.1, -0.05) is 142 Å². The van der Waals surface area contributed by atoms with E-state index in [1.807, 2.05) is 24.3 Å². The van der Waals surface area contributed by atoms with Crippen LogP contribution in [0.25, 0.3) is 0 Å². The highest BCUT2D eigenvalue weighted by molar-refractivity contribution is 7.66. The summed E-state index contributed by atoms with van der Waals surface area (Å²) >= 11 is 33.9. The van der Waals surface area contributed by atoms with Crippen LogP contribution in [0.15, 0.2) is 121 Å². The van der Waals surface area contributed by atoms with E-state index in [-0.39, 0.29) is 0 Å². The minimum absolute atomic E-state index is 0.637. The van der Waals surface area contributed by atoms with Crippen molar-refractivity contribution in [3.05, 3.63) is 121 Å². The first kappa shape index (κ1) is 41.6. The Morgan fingerprint density at radius 3 is 0.780 bits per heavy atom. The van der Waals surface area contributed by atoms with Crippen molar-refractivity contribution < 1.29 is 18.7 Å². The molecule has 268 valence electrons. The zero-order chi connectivity index (χ0) is 37.3. The van der Waals surface area contributed by atoms with Gasteiger partial charge in [0.25, 0.3) is 19.4 Å². The van der Waals surface area contributed by atoms with Crippen LogP contribution in [0.2, 0.25) is 0 Å². The highest BCUT2D eigenvalue weighted by Crippen LogP contribution is 2.53. The molecular formula is C32H34Cl6N6O4P2. The lowest BCUT2D eigenvalue weighted by molar-refractivity contribution is -0.119. The summed E-state index contributed by atoms with van der Waals surface area (Å²) in [6.45, 7) is 0. The predicted octanol–water partition coefficient (Wildman–Crippen LogP) is 9.71. The number of rotatable bonds is 10. The van der Waals surface area contributed by atoms with Gasteiger partial charge in [-0.25, -0.2) is 9.13 Å². The molecule has 50 heavy (non-hydrogen) atoms. The molecule has 2 N–H and O–H groups in total. The van der Waals surface area contributed by atoms with Gasteiger partial charge >= 0.3 is 15.2 Å². The van der Waals surface area contributed by atoms with Gasteiger partial charge in [0, 0.05) is 50.9 Å². The zero-order valence-corrected chi connectivity index (χ0v) is 33.5. The van der Waals surface area contributed by atoms with Crippen LogP contribution < -0.4 is 28.9 Å². The summed E-state index contributed by atoms with van der Waals surface area (Å²) in [5.74, 6) is -1.93. The van der Waals surface area contributed by atoms with E-state index < -0.39 is 34.6 Å². The average Bonchev–Trinajstić information content (AvgIpc) is 3.11. The molecule has 0 saturated heterocycles. The third-order valence-corrected chi connectivity index (χ3v) is 13.4. The van der Waals surface area contributed by atoms with Crippen molar-refractivity contribution in [3.8, 4) is 0 Å². The second-order valence-corrected chi connectivity index (χ2v) is 20.0. The van der Waals surface area contributed by atoms with Crippen molar-refractivity contribution in [1.29, 1.82) is 0 Å². The highest BCUT2D eigenvalue weighted by Gasteiger charge is 2.43. The number of alkyl halides is 6. The van der Waals surface area contributed by atoms with Gasteiger partial charge in [-0.3, -0.25) is 38.4 Å². The summed E-state index contributed by atoms with van der Waals surface area (Å²) in [5.41, 5.74) is 2.55. The number of nitrogens with zero attached hydrogens (tertiary/aromatic N) is 4. The topological polar surface area (TPSA) is 105 Å². The second kappa shape index (κ2) is 17.6. The first-order chi connectivity index (χ1) is 23.3. The Balaban J connectivity index is 0.000000270. The molecule has 0 unspecified atom stereocenters. The molecule has 4 aromatic carbocycles. The lowest BCUT2D eigenvalue weighted by Crippen LogP contribution is -2.42. The number of para-hydroxylation sites is 4. The number of carbonyl (C=O) groups excluding carboxylic acids is 2. The molecule has 4 rings (SSSR count). The highest BCUT2D eigenvalue weighted by atomic mass is 35.6. The van der Waals surface area contributed by atoms with Crippen LogP contribution in [0.4, 0.5) is 22.7 Å². The van der Waals surface area contributed by atoms with Crippen LogP contribution in [-0.4, -0.2) is 47.6 Å². The maximum atomic E-state index is 13.8. The van der Waals surface area contributed by atoms with Gasteiger partial charge in [0.2, 0.25) is 0 Å². The fraction of sp³-hybridized carbons (Fsp3) is 0.188. The normalized spacial score (nSPS) is 11.7. The van der Waals surface area contributed by atoms with Gasteiger partial charge in [-0.05, 0) is 48.5 Å². The molecule has 0 aliphatic carbocycles. The van der Waals surface area contributed by atoms with Gasteiger partial charge in [-0.2, -0.15) is 0 Å². The summed E-state index contributed by atoms with van der Waals surface area (Å²) in [4.78, 5) is 24.4. The van der Waals surface area contributed by atoms with Crippen LogP contribution in [0.1, 0.15) is 0 Å². The molecule has 10 nitrogen and oxygen atoms in total. The molecule has 2 amide bonds. The van der Waals surface area contributed by atoms with E-state index in [0.29, 0.717) is 22.7 Å². The second-order valence-electron chi connectivity index (χ2n) is 10.4. The molecule has 0 bridgehead atoms. The van der Waals surface area contributed by atoms with Gasteiger partial charge in [0.05, 0.1) is 0 Å². The summed E-state index contributed by atoms with van der Waals surface area (Å²) < 4.78 is 29.0. The zero-order valence-electron chi connectivity index (χ0n) is 27.1. The van der Waals surface area contributed by atoms with Crippen molar-refractivity contribution in [2.45, 2.75) is 7.59 Å². The summed E-state index contributed by atoms with van der Waals surface area (Å²) in [7, 11) is -0.947. The van der Waals surface area contributed by atoms with E-state index >= 15 is 0 Å². The van der Waals surface area contributed by atoms with E-state index in [9.17, 15) is 18.7 Å². The molecule has 18 heteroatoms. The van der Waals surface area contributed by atoms with E-state index in [0.717, 1.165) is 0 Å². The van der Waals surface area contributed by atoms with Crippen molar-refractivity contribution in [2.75, 3.05) is 46.9 Å². The number of hydrogen-bond acceptors (Lipinski definition) is 4. The fourth-order valence-corrected chi connectivity index (χ4v) is 9.03. The minimum atomic E-state index is -3.68. The molecular weight excluding hydrogens is 807 g/mol. The van der Waals surface area contributed by atoms with Gasteiger partial charge in [0.15, 0.2) is 0 Å². The Kier molecular flexibility index (Phi) is 14.7. The molecule has 0 fully saturated rings.